The summed E-state index contributed by atoms with van der Waals surface area (Å²) in [6.45, 7) is 4.85. The number of hydrogen-bond acceptors (Lipinski definition) is 3. The monoisotopic (exact) mass is 411 g/mol. The fourth-order valence-electron chi connectivity index (χ4n) is 2.66. The maximum Gasteiger partial charge on any atom is 0.257 e. The van der Waals surface area contributed by atoms with Crippen molar-refractivity contribution in [3.8, 4) is 5.75 Å². The van der Waals surface area contributed by atoms with Crippen molar-refractivity contribution < 1.29 is 23.0 Å². The van der Waals surface area contributed by atoms with Crippen molar-refractivity contribution in [1.82, 2.24) is 5.32 Å². The summed E-state index contributed by atoms with van der Waals surface area (Å²) in [5.74, 6) is -1.90. The quantitative estimate of drug-likeness (QED) is 0.567. The zero-order valence-corrected chi connectivity index (χ0v) is 16.6. The van der Waals surface area contributed by atoms with Crippen molar-refractivity contribution >= 4 is 17.5 Å². The van der Waals surface area contributed by atoms with Gasteiger partial charge in [-0.05, 0) is 43.7 Å². The fraction of sp³-hybridized carbons (Fsp3) is 0.381. The number of amides is 1. The highest BCUT2D eigenvalue weighted by molar-refractivity contribution is 6.18. The molecule has 0 bridgehead atoms. The van der Waals surface area contributed by atoms with E-state index >= 15 is 0 Å². The Morgan fingerprint density at radius 1 is 1.14 bits per heavy atom. The second-order valence-electron chi connectivity index (χ2n) is 6.23. The maximum atomic E-state index is 13.7. The van der Waals surface area contributed by atoms with Gasteiger partial charge in [0.1, 0.15) is 22.9 Å². The highest BCUT2D eigenvalue weighted by atomic mass is 35.5. The van der Waals surface area contributed by atoms with Crippen LogP contribution in [0.4, 0.5) is 8.78 Å². The zero-order chi connectivity index (χ0) is 20.5. The lowest BCUT2D eigenvalue weighted by atomic mass is 10.1. The summed E-state index contributed by atoms with van der Waals surface area (Å²) >= 11 is 5.87. The van der Waals surface area contributed by atoms with Crippen molar-refractivity contribution in [2.24, 2.45) is 0 Å². The molecule has 0 aliphatic carbocycles. The molecule has 2 rings (SSSR count). The van der Waals surface area contributed by atoms with Gasteiger partial charge in [0.05, 0.1) is 12.7 Å². The van der Waals surface area contributed by atoms with Crippen LogP contribution in [0.1, 0.15) is 42.3 Å². The number of alkyl halides is 1. The Balaban J connectivity index is 1.86. The molecule has 1 amide bonds. The van der Waals surface area contributed by atoms with Gasteiger partial charge in [-0.25, -0.2) is 8.78 Å². The minimum Gasteiger partial charge on any atom is -0.494 e. The van der Waals surface area contributed by atoms with E-state index in [0.29, 0.717) is 18.8 Å². The second-order valence-corrected chi connectivity index (χ2v) is 6.53. The first-order valence-electron chi connectivity index (χ1n) is 9.11. The van der Waals surface area contributed by atoms with E-state index < -0.39 is 29.1 Å². The lowest BCUT2D eigenvalue weighted by molar-refractivity contribution is 0.0763. The molecule has 2 atom stereocenters. The summed E-state index contributed by atoms with van der Waals surface area (Å²) in [4.78, 5) is 12.1. The summed E-state index contributed by atoms with van der Waals surface area (Å²) in [5.41, 5.74) is 0.435. The molecular weight excluding hydrogens is 388 g/mol. The molecule has 0 aliphatic heterocycles. The highest BCUT2D eigenvalue weighted by Gasteiger charge is 2.20. The number of nitrogens with one attached hydrogen (secondary N) is 1. The van der Waals surface area contributed by atoms with Crippen LogP contribution in [0.2, 0.25) is 0 Å². The predicted octanol–water partition coefficient (Wildman–Crippen LogP) is 4.87. The van der Waals surface area contributed by atoms with Crippen LogP contribution >= 0.6 is 11.6 Å². The first-order chi connectivity index (χ1) is 13.5. The van der Waals surface area contributed by atoms with Crippen LogP contribution in [-0.2, 0) is 4.74 Å². The molecule has 0 radical (unpaired) electrons. The molecule has 0 spiro atoms. The number of rotatable bonds is 10. The zero-order valence-electron chi connectivity index (χ0n) is 15.9. The van der Waals surface area contributed by atoms with E-state index in [0.717, 1.165) is 17.7 Å². The molecule has 2 aromatic carbocycles. The minimum atomic E-state index is -0.913. The van der Waals surface area contributed by atoms with Crippen LogP contribution in [0.5, 0.6) is 5.75 Å². The molecule has 2 unspecified atom stereocenters. The molecule has 1 N–H and O–H groups in total. The summed E-state index contributed by atoms with van der Waals surface area (Å²) in [7, 11) is 0. The van der Waals surface area contributed by atoms with Crippen molar-refractivity contribution in [3.63, 3.8) is 0 Å². The van der Waals surface area contributed by atoms with Crippen molar-refractivity contribution in [2.75, 3.05) is 19.1 Å². The van der Waals surface area contributed by atoms with E-state index in [1.165, 1.54) is 6.07 Å². The molecule has 0 saturated carbocycles. The summed E-state index contributed by atoms with van der Waals surface area (Å²) in [5, 5.41) is 2.54. The van der Waals surface area contributed by atoms with Gasteiger partial charge in [0, 0.05) is 24.9 Å². The van der Waals surface area contributed by atoms with Gasteiger partial charge in [-0.1, -0.05) is 18.2 Å². The maximum absolute atomic E-state index is 13.7. The first kappa shape index (κ1) is 22.1. The van der Waals surface area contributed by atoms with Gasteiger partial charge in [0.2, 0.25) is 0 Å². The molecule has 7 heteroatoms. The molecule has 152 valence electrons. The van der Waals surface area contributed by atoms with Crippen LogP contribution in [0.15, 0.2) is 42.5 Å². The first-order valence-corrected chi connectivity index (χ1v) is 9.64. The average Bonchev–Trinajstić information content (AvgIpc) is 2.67. The average molecular weight is 412 g/mol. The third kappa shape index (κ3) is 6.17. The number of ether oxygens (including phenoxy) is 2. The van der Waals surface area contributed by atoms with Crippen molar-refractivity contribution in [3.05, 3.63) is 65.2 Å². The number of halogens is 3. The Hall–Kier alpha value is -2.18. The smallest absolute Gasteiger partial charge is 0.257 e. The van der Waals surface area contributed by atoms with Crippen LogP contribution in [-0.4, -0.2) is 31.0 Å². The number of hydrogen-bond donors (Lipinski definition) is 1. The molecule has 0 aromatic heterocycles. The van der Waals surface area contributed by atoms with Gasteiger partial charge in [0.15, 0.2) is 0 Å². The van der Waals surface area contributed by atoms with Crippen LogP contribution in [0.25, 0.3) is 0 Å². The molecule has 2 aromatic rings. The number of benzene rings is 2. The van der Waals surface area contributed by atoms with Crippen molar-refractivity contribution in [1.29, 1.82) is 0 Å². The topological polar surface area (TPSA) is 47.6 Å². The van der Waals surface area contributed by atoms with Gasteiger partial charge in [0.25, 0.3) is 5.91 Å². The van der Waals surface area contributed by atoms with Gasteiger partial charge in [-0.3, -0.25) is 4.79 Å². The molecule has 28 heavy (non-hydrogen) atoms. The standard InChI is InChI=1S/C21H24ClF2NO3/c1-3-27-14(2)15-7-9-17(10-8-15)28-12-11-16(13-22)25-21(26)20-18(23)5-4-6-19(20)24/h4-10,14,16H,3,11-13H2,1-2H3,(H,25,26). The van der Waals surface area contributed by atoms with Crippen LogP contribution in [0, 0.1) is 11.6 Å². The van der Waals surface area contributed by atoms with E-state index in [4.69, 9.17) is 21.1 Å². The Kier molecular flexibility index (Phi) is 8.67. The highest BCUT2D eigenvalue weighted by Crippen LogP contribution is 2.20. The third-order valence-electron chi connectivity index (χ3n) is 4.21. The Bertz CT molecular complexity index is 750. The molecular formula is C21H24ClF2NO3. The number of carbonyl (C=O) groups is 1. The lowest BCUT2D eigenvalue weighted by Crippen LogP contribution is -2.38. The van der Waals surface area contributed by atoms with E-state index in [9.17, 15) is 13.6 Å². The van der Waals surface area contributed by atoms with Crippen molar-refractivity contribution in [2.45, 2.75) is 32.4 Å². The van der Waals surface area contributed by atoms with Crippen LogP contribution in [0.3, 0.4) is 0 Å². The summed E-state index contributed by atoms with van der Waals surface area (Å²) in [6.07, 6.45) is 0.399. The molecule has 0 saturated heterocycles. The SMILES string of the molecule is CCOC(C)c1ccc(OCCC(CCl)NC(=O)c2c(F)cccc2F)cc1. The Labute approximate surface area is 168 Å². The van der Waals surface area contributed by atoms with Gasteiger partial charge in [-0.2, -0.15) is 0 Å². The number of carbonyl (C=O) groups excluding carboxylic acids is 1. The van der Waals surface area contributed by atoms with Gasteiger partial charge >= 0.3 is 0 Å². The normalized spacial score (nSPS) is 13.0. The molecule has 0 heterocycles. The summed E-state index contributed by atoms with van der Waals surface area (Å²) in [6, 6.07) is 10.3. The fourth-order valence-corrected chi connectivity index (χ4v) is 2.89. The summed E-state index contributed by atoms with van der Waals surface area (Å²) < 4.78 is 38.6. The molecule has 0 fully saturated rings. The van der Waals surface area contributed by atoms with Gasteiger partial charge < -0.3 is 14.8 Å². The minimum absolute atomic E-state index is 0.00803. The Morgan fingerprint density at radius 3 is 2.36 bits per heavy atom. The van der Waals surface area contributed by atoms with E-state index in [2.05, 4.69) is 5.32 Å². The lowest BCUT2D eigenvalue weighted by Gasteiger charge is -2.17. The molecule has 0 aliphatic rings. The largest absolute Gasteiger partial charge is 0.494 e. The van der Waals surface area contributed by atoms with E-state index in [-0.39, 0.29) is 18.6 Å². The van der Waals surface area contributed by atoms with Gasteiger partial charge in [-0.15, -0.1) is 11.6 Å². The van der Waals surface area contributed by atoms with Crippen LogP contribution < -0.4 is 10.1 Å². The Morgan fingerprint density at radius 2 is 1.79 bits per heavy atom. The van der Waals surface area contributed by atoms with E-state index in [1.807, 2.05) is 38.1 Å². The third-order valence-corrected chi connectivity index (χ3v) is 4.59. The molecule has 4 nitrogen and oxygen atoms in total. The second kappa shape index (κ2) is 11.0. The van der Waals surface area contributed by atoms with E-state index in [1.54, 1.807) is 0 Å². The predicted molar refractivity (Wildman–Crippen MR) is 105 cm³/mol.